The van der Waals surface area contributed by atoms with Crippen LogP contribution in [0.5, 0.6) is 0 Å². The second kappa shape index (κ2) is 5.77. The van der Waals surface area contributed by atoms with Crippen molar-refractivity contribution in [1.82, 2.24) is 20.3 Å². The largest absolute Gasteiger partial charge is 0.347 e. The lowest BCUT2D eigenvalue weighted by atomic mass is 10.0. The van der Waals surface area contributed by atoms with E-state index in [-0.39, 0.29) is 11.9 Å². The average Bonchev–Trinajstić information content (AvgIpc) is 3.00. The Kier molecular flexibility index (Phi) is 4.09. The van der Waals surface area contributed by atoms with E-state index in [1.807, 2.05) is 16.8 Å². The maximum atomic E-state index is 12.0. The zero-order valence-electron chi connectivity index (χ0n) is 10.4. The topological polar surface area (TPSA) is 59.8 Å². The normalized spacial score (nSPS) is 12.6. The van der Waals surface area contributed by atoms with Gasteiger partial charge in [0.2, 0.25) is 0 Å². The molecule has 0 aliphatic heterocycles. The summed E-state index contributed by atoms with van der Waals surface area (Å²) in [5, 5.41) is 14.5. The van der Waals surface area contributed by atoms with Crippen molar-refractivity contribution in [3.63, 3.8) is 0 Å². The molecule has 0 saturated heterocycles. The number of carbonyl (C=O) groups is 1. The second-order valence-electron chi connectivity index (χ2n) is 4.46. The number of hydrogen-bond acceptors (Lipinski definition) is 4. The van der Waals surface area contributed by atoms with Crippen molar-refractivity contribution < 1.29 is 4.79 Å². The quantitative estimate of drug-likeness (QED) is 0.895. The monoisotopic (exact) mass is 264 g/mol. The lowest BCUT2D eigenvalue weighted by molar-refractivity contribution is 0.0919. The Morgan fingerprint density at radius 3 is 2.94 bits per heavy atom. The highest BCUT2D eigenvalue weighted by Crippen LogP contribution is 2.09. The van der Waals surface area contributed by atoms with Gasteiger partial charge < -0.3 is 5.32 Å². The molecule has 1 N–H and O–H groups in total. The van der Waals surface area contributed by atoms with Crippen LogP contribution in [0.1, 0.15) is 24.2 Å². The van der Waals surface area contributed by atoms with Crippen LogP contribution in [0.3, 0.4) is 0 Å². The summed E-state index contributed by atoms with van der Waals surface area (Å²) in [7, 11) is 0. The van der Waals surface area contributed by atoms with Crippen LogP contribution < -0.4 is 5.32 Å². The molecule has 2 aromatic heterocycles. The highest BCUT2D eigenvalue weighted by Gasteiger charge is 2.18. The number of carbonyl (C=O) groups excluding carboxylic acids is 1. The fraction of sp³-hybridized carbons (Fsp3) is 0.417. The molecular formula is C12H16N4OS. The van der Waals surface area contributed by atoms with Crippen molar-refractivity contribution in [2.45, 2.75) is 26.4 Å². The molecule has 18 heavy (non-hydrogen) atoms. The van der Waals surface area contributed by atoms with Gasteiger partial charge in [-0.2, -0.15) is 11.3 Å². The summed E-state index contributed by atoms with van der Waals surface area (Å²) in [5.74, 6) is 0.298. The smallest absolute Gasteiger partial charge is 0.252 e. The van der Waals surface area contributed by atoms with Crippen molar-refractivity contribution in [2.75, 3.05) is 0 Å². The molecule has 96 valence electrons. The van der Waals surface area contributed by atoms with E-state index in [2.05, 4.69) is 29.5 Å². The zero-order valence-corrected chi connectivity index (χ0v) is 11.2. The first kappa shape index (κ1) is 12.8. The Hall–Kier alpha value is -1.69. The zero-order chi connectivity index (χ0) is 13.0. The standard InChI is InChI=1S/C12H16N4OS/c1-9(2)11(7-16-5-4-13-15-16)14-12(17)10-3-6-18-8-10/h3-6,8-9,11H,7H2,1-2H3,(H,14,17). The molecule has 0 bridgehead atoms. The van der Waals surface area contributed by atoms with Gasteiger partial charge in [0.25, 0.3) is 5.91 Å². The van der Waals surface area contributed by atoms with Gasteiger partial charge in [-0.1, -0.05) is 19.1 Å². The molecule has 0 aromatic carbocycles. The van der Waals surface area contributed by atoms with Gasteiger partial charge in [-0.05, 0) is 17.4 Å². The summed E-state index contributed by atoms with van der Waals surface area (Å²) in [6.07, 6.45) is 3.43. The van der Waals surface area contributed by atoms with E-state index in [0.717, 1.165) is 0 Å². The predicted molar refractivity (Wildman–Crippen MR) is 70.4 cm³/mol. The number of amides is 1. The Morgan fingerprint density at radius 2 is 2.39 bits per heavy atom. The third kappa shape index (κ3) is 3.16. The molecule has 2 heterocycles. The molecule has 0 aliphatic rings. The Bertz CT molecular complexity index is 478. The van der Waals surface area contributed by atoms with Gasteiger partial charge >= 0.3 is 0 Å². The molecule has 6 heteroatoms. The lowest BCUT2D eigenvalue weighted by Crippen LogP contribution is -2.41. The number of nitrogens with zero attached hydrogens (tertiary/aromatic N) is 3. The number of rotatable bonds is 5. The number of thiophene rings is 1. The first-order valence-electron chi connectivity index (χ1n) is 5.84. The van der Waals surface area contributed by atoms with Crippen molar-refractivity contribution in [2.24, 2.45) is 5.92 Å². The van der Waals surface area contributed by atoms with Crippen LogP contribution in [0, 0.1) is 5.92 Å². The van der Waals surface area contributed by atoms with E-state index in [4.69, 9.17) is 0 Å². The molecule has 0 aliphatic carbocycles. The molecule has 1 amide bonds. The number of nitrogens with one attached hydrogen (secondary N) is 1. The van der Waals surface area contributed by atoms with Gasteiger partial charge in [-0.15, -0.1) is 5.10 Å². The van der Waals surface area contributed by atoms with Crippen molar-refractivity contribution >= 4 is 17.2 Å². The first-order chi connectivity index (χ1) is 8.66. The van der Waals surface area contributed by atoms with Gasteiger partial charge in [0.05, 0.1) is 18.8 Å². The van der Waals surface area contributed by atoms with Gasteiger partial charge in [0, 0.05) is 17.1 Å². The third-order valence-electron chi connectivity index (χ3n) is 2.76. The van der Waals surface area contributed by atoms with Crippen LogP contribution in [-0.4, -0.2) is 26.9 Å². The van der Waals surface area contributed by atoms with Crippen LogP contribution in [0.25, 0.3) is 0 Å². The van der Waals surface area contributed by atoms with Gasteiger partial charge in [0.15, 0.2) is 0 Å². The summed E-state index contributed by atoms with van der Waals surface area (Å²) in [4.78, 5) is 12.0. The van der Waals surface area contributed by atoms with E-state index >= 15 is 0 Å². The molecule has 0 fully saturated rings. The van der Waals surface area contributed by atoms with Crippen molar-refractivity contribution in [3.05, 3.63) is 34.8 Å². The summed E-state index contributed by atoms with van der Waals surface area (Å²) < 4.78 is 1.73. The summed E-state index contributed by atoms with van der Waals surface area (Å²) in [6, 6.07) is 1.87. The Balaban J connectivity index is 2.00. The van der Waals surface area contributed by atoms with E-state index in [0.29, 0.717) is 18.0 Å². The SMILES string of the molecule is CC(C)C(Cn1ccnn1)NC(=O)c1ccsc1. The molecule has 0 radical (unpaired) electrons. The molecular weight excluding hydrogens is 248 g/mol. The Labute approximate surface area is 110 Å². The van der Waals surface area contributed by atoms with Crippen LogP contribution in [0.4, 0.5) is 0 Å². The fourth-order valence-electron chi connectivity index (χ4n) is 1.60. The van der Waals surface area contributed by atoms with E-state index in [1.54, 1.807) is 17.1 Å². The summed E-state index contributed by atoms with van der Waals surface area (Å²) in [6.45, 7) is 4.79. The molecule has 0 spiro atoms. The van der Waals surface area contributed by atoms with Crippen LogP contribution in [0.15, 0.2) is 29.2 Å². The highest BCUT2D eigenvalue weighted by molar-refractivity contribution is 7.08. The molecule has 2 rings (SSSR count). The van der Waals surface area contributed by atoms with Gasteiger partial charge in [0.1, 0.15) is 0 Å². The summed E-state index contributed by atoms with van der Waals surface area (Å²) in [5.41, 5.74) is 0.712. The first-order valence-corrected chi connectivity index (χ1v) is 6.78. The minimum absolute atomic E-state index is 0.0323. The predicted octanol–water partition coefficient (Wildman–Crippen LogP) is 1.79. The maximum absolute atomic E-state index is 12.0. The van der Waals surface area contributed by atoms with Gasteiger partial charge in [-0.3, -0.25) is 9.48 Å². The molecule has 5 nitrogen and oxygen atoms in total. The van der Waals surface area contributed by atoms with E-state index < -0.39 is 0 Å². The molecule has 1 atom stereocenters. The number of hydrogen-bond donors (Lipinski definition) is 1. The maximum Gasteiger partial charge on any atom is 0.252 e. The second-order valence-corrected chi connectivity index (χ2v) is 5.24. The van der Waals surface area contributed by atoms with Gasteiger partial charge in [-0.25, -0.2) is 0 Å². The molecule has 2 aromatic rings. The molecule has 0 saturated carbocycles. The van der Waals surface area contributed by atoms with Crippen molar-refractivity contribution in [1.29, 1.82) is 0 Å². The minimum atomic E-state index is -0.0323. The molecule has 1 unspecified atom stereocenters. The number of aromatic nitrogens is 3. The highest BCUT2D eigenvalue weighted by atomic mass is 32.1. The van der Waals surface area contributed by atoms with Crippen LogP contribution >= 0.6 is 11.3 Å². The third-order valence-corrected chi connectivity index (χ3v) is 3.44. The van der Waals surface area contributed by atoms with Crippen LogP contribution in [-0.2, 0) is 6.54 Å². The minimum Gasteiger partial charge on any atom is -0.347 e. The van der Waals surface area contributed by atoms with Crippen molar-refractivity contribution in [3.8, 4) is 0 Å². The van der Waals surface area contributed by atoms with E-state index in [9.17, 15) is 4.79 Å². The fourth-order valence-corrected chi connectivity index (χ4v) is 2.24. The van der Waals surface area contributed by atoms with E-state index in [1.165, 1.54) is 11.3 Å². The average molecular weight is 264 g/mol. The summed E-state index contributed by atoms with van der Waals surface area (Å²) >= 11 is 1.52. The lowest BCUT2D eigenvalue weighted by Gasteiger charge is -2.21. The Morgan fingerprint density at radius 1 is 1.56 bits per heavy atom. The van der Waals surface area contributed by atoms with Crippen LogP contribution in [0.2, 0.25) is 0 Å².